The summed E-state index contributed by atoms with van der Waals surface area (Å²) in [6.07, 6.45) is -3.85. The van der Waals surface area contributed by atoms with Gasteiger partial charge < -0.3 is 15.2 Å². The SMILES string of the molecule is OC1(CNc2nnc(-c3ccc(C(F)(F)F)cc3)c3ccccc23)CCOC1. The van der Waals surface area contributed by atoms with E-state index in [1.54, 1.807) is 0 Å². The van der Waals surface area contributed by atoms with Gasteiger partial charge in [0.05, 0.1) is 12.2 Å². The third-order valence-corrected chi connectivity index (χ3v) is 4.84. The lowest BCUT2D eigenvalue weighted by Crippen LogP contribution is -2.37. The van der Waals surface area contributed by atoms with Crippen LogP contribution >= 0.6 is 0 Å². The molecule has 0 amide bonds. The maximum absolute atomic E-state index is 12.8. The molecular formula is C20H18F3N3O2. The van der Waals surface area contributed by atoms with Crippen LogP contribution in [0.15, 0.2) is 48.5 Å². The Kier molecular flexibility index (Phi) is 4.68. The number of hydrogen-bond donors (Lipinski definition) is 2. The molecule has 0 spiro atoms. The van der Waals surface area contributed by atoms with Gasteiger partial charge in [-0.2, -0.15) is 13.2 Å². The molecule has 0 saturated carbocycles. The summed E-state index contributed by atoms with van der Waals surface area (Å²) in [6.45, 7) is 1.04. The van der Waals surface area contributed by atoms with E-state index >= 15 is 0 Å². The second-order valence-electron chi connectivity index (χ2n) is 6.90. The summed E-state index contributed by atoms with van der Waals surface area (Å²) in [7, 11) is 0. The van der Waals surface area contributed by atoms with Crippen LogP contribution in [0.5, 0.6) is 0 Å². The average molecular weight is 389 g/mol. The lowest BCUT2D eigenvalue weighted by atomic mass is 10.0. The number of benzene rings is 2. The van der Waals surface area contributed by atoms with E-state index in [0.717, 1.165) is 22.9 Å². The van der Waals surface area contributed by atoms with E-state index in [2.05, 4.69) is 15.5 Å². The smallest absolute Gasteiger partial charge is 0.386 e. The molecule has 1 aliphatic heterocycles. The summed E-state index contributed by atoms with van der Waals surface area (Å²) in [5, 5.41) is 23.5. The van der Waals surface area contributed by atoms with Gasteiger partial charge in [0.1, 0.15) is 11.3 Å². The lowest BCUT2D eigenvalue weighted by molar-refractivity contribution is -0.137. The molecule has 5 nitrogen and oxygen atoms in total. The molecule has 1 unspecified atom stereocenters. The molecule has 1 fully saturated rings. The van der Waals surface area contributed by atoms with E-state index in [9.17, 15) is 18.3 Å². The highest BCUT2D eigenvalue weighted by molar-refractivity contribution is 6.00. The van der Waals surface area contributed by atoms with Gasteiger partial charge in [0, 0.05) is 35.9 Å². The minimum atomic E-state index is -4.38. The number of halogens is 3. The number of hydrogen-bond acceptors (Lipinski definition) is 5. The van der Waals surface area contributed by atoms with Crippen LogP contribution in [0.3, 0.4) is 0 Å². The molecule has 0 bridgehead atoms. The summed E-state index contributed by atoms with van der Waals surface area (Å²) >= 11 is 0. The first-order chi connectivity index (χ1) is 13.4. The van der Waals surface area contributed by atoms with Crippen LogP contribution in [-0.2, 0) is 10.9 Å². The number of rotatable bonds is 4. The zero-order chi connectivity index (χ0) is 19.8. The second-order valence-corrected chi connectivity index (χ2v) is 6.90. The van der Waals surface area contributed by atoms with Crippen molar-refractivity contribution >= 4 is 16.6 Å². The molecule has 1 saturated heterocycles. The Morgan fingerprint density at radius 1 is 1.04 bits per heavy atom. The molecule has 8 heteroatoms. The van der Waals surface area contributed by atoms with Gasteiger partial charge in [0.25, 0.3) is 0 Å². The second kappa shape index (κ2) is 7.03. The van der Waals surface area contributed by atoms with Crippen LogP contribution in [0.4, 0.5) is 19.0 Å². The Balaban J connectivity index is 1.67. The number of alkyl halides is 3. The molecule has 2 aromatic carbocycles. The molecule has 2 N–H and O–H groups in total. The van der Waals surface area contributed by atoms with Crippen molar-refractivity contribution in [1.29, 1.82) is 0 Å². The average Bonchev–Trinajstić information content (AvgIpc) is 3.12. The topological polar surface area (TPSA) is 67.3 Å². The highest BCUT2D eigenvalue weighted by Crippen LogP contribution is 2.33. The summed E-state index contributed by atoms with van der Waals surface area (Å²) in [6, 6.07) is 12.2. The van der Waals surface area contributed by atoms with E-state index in [1.165, 1.54) is 12.1 Å². The highest BCUT2D eigenvalue weighted by Gasteiger charge is 2.32. The molecule has 3 aromatic rings. The van der Waals surface area contributed by atoms with E-state index in [1.807, 2.05) is 24.3 Å². The van der Waals surface area contributed by atoms with E-state index in [4.69, 9.17) is 4.74 Å². The summed E-state index contributed by atoms with van der Waals surface area (Å²) in [5.74, 6) is 0.506. The number of ether oxygens (including phenoxy) is 1. The van der Waals surface area contributed by atoms with Gasteiger partial charge in [-0.1, -0.05) is 36.4 Å². The molecule has 1 atom stereocenters. The number of fused-ring (bicyclic) bond motifs is 1. The van der Waals surface area contributed by atoms with Gasteiger partial charge in [0.15, 0.2) is 5.82 Å². The van der Waals surface area contributed by atoms with Crippen molar-refractivity contribution in [3.8, 4) is 11.3 Å². The van der Waals surface area contributed by atoms with Crippen molar-refractivity contribution in [3.63, 3.8) is 0 Å². The lowest BCUT2D eigenvalue weighted by Gasteiger charge is -2.21. The predicted molar refractivity (Wildman–Crippen MR) is 98.9 cm³/mol. The largest absolute Gasteiger partial charge is 0.416 e. The van der Waals surface area contributed by atoms with Crippen LogP contribution in [0.1, 0.15) is 12.0 Å². The van der Waals surface area contributed by atoms with Crippen molar-refractivity contribution in [1.82, 2.24) is 10.2 Å². The molecule has 1 aliphatic rings. The number of nitrogens with zero attached hydrogens (tertiary/aromatic N) is 2. The van der Waals surface area contributed by atoms with Crippen LogP contribution in [-0.4, -0.2) is 40.7 Å². The number of aromatic nitrogens is 2. The molecule has 0 aliphatic carbocycles. The summed E-state index contributed by atoms with van der Waals surface area (Å²) < 4.78 is 43.7. The number of nitrogens with one attached hydrogen (secondary N) is 1. The van der Waals surface area contributed by atoms with E-state index in [-0.39, 0.29) is 13.2 Å². The summed E-state index contributed by atoms with van der Waals surface area (Å²) in [5.41, 5.74) is -0.614. The Bertz CT molecular complexity index is 984. The maximum atomic E-state index is 12.8. The van der Waals surface area contributed by atoms with Crippen molar-refractivity contribution < 1.29 is 23.0 Å². The number of anilines is 1. The van der Waals surface area contributed by atoms with Crippen LogP contribution in [0.25, 0.3) is 22.0 Å². The minimum Gasteiger partial charge on any atom is -0.386 e. The molecule has 4 rings (SSSR count). The van der Waals surface area contributed by atoms with E-state index in [0.29, 0.717) is 30.1 Å². The Labute approximate surface area is 159 Å². The third-order valence-electron chi connectivity index (χ3n) is 4.84. The molecule has 28 heavy (non-hydrogen) atoms. The number of aliphatic hydroxyl groups is 1. The predicted octanol–water partition coefficient (Wildman–Crippen LogP) is 3.88. The van der Waals surface area contributed by atoms with E-state index < -0.39 is 17.3 Å². The molecule has 1 aromatic heterocycles. The van der Waals surface area contributed by atoms with Gasteiger partial charge in [-0.05, 0) is 12.1 Å². The summed E-state index contributed by atoms with van der Waals surface area (Å²) in [4.78, 5) is 0. The quantitative estimate of drug-likeness (QED) is 0.709. The van der Waals surface area contributed by atoms with Gasteiger partial charge in [-0.3, -0.25) is 0 Å². The van der Waals surface area contributed by atoms with Crippen molar-refractivity contribution in [2.24, 2.45) is 0 Å². The minimum absolute atomic E-state index is 0.259. The monoisotopic (exact) mass is 389 g/mol. The first-order valence-electron chi connectivity index (χ1n) is 8.83. The fourth-order valence-electron chi connectivity index (χ4n) is 3.25. The Morgan fingerprint density at radius 3 is 2.39 bits per heavy atom. The standard InChI is InChI=1S/C20H18F3N3O2/c21-20(22,23)14-7-5-13(6-8-14)17-15-3-1-2-4-16(15)18(26-25-17)24-11-19(27)9-10-28-12-19/h1-8,27H,9-12H2,(H,24,26). The fourth-order valence-corrected chi connectivity index (χ4v) is 3.25. The van der Waals surface area contributed by atoms with Gasteiger partial charge in [-0.15, -0.1) is 10.2 Å². The molecule has 2 heterocycles. The van der Waals surface area contributed by atoms with Crippen molar-refractivity contribution in [2.45, 2.75) is 18.2 Å². The van der Waals surface area contributed by atoms with Gasteiger partial charge >= 0.3 is 6.18 Å². The Hall–Kier alpha value is -2.71. The first-order valence-corrected chi connectivity index (χ1v) is 8.83. The molecular weight excluding hydrogens is 371 g/mol. The van der Waals surface area contributed by atoms with Crippen LogP contribution in [0, 0.1) is 0 Å². The third kappa shape index (κ3) is 3.65. The van der Waals surface area contributed by atoms with Crippen molar-refractivity contribution in [2.75, 3.05) is 25.1 Å². The fraction of sp³-hybridized carbons (Fsp3) is 0.300. The van der Waals surface area contributed by atoms with Crippen LogP contribution < -0.4 is 5.32 Å². The van der Waals surface area contributed by atoms with Gasteiger partial charge in [-0.25, -0.2) is 0 Å². The normalized spacial score (nSPS) is 19.9. The zero-order valence-electron chi connectivity index (χ0n) is 14.8. The molecule has 0 radical (unpaired) electrons. The van der Waals surface area contributed by atoms with Crippen molar-refractivity contribution in [3.05, 3.63) is 54.1 Å². The molecule has 146 valence electrons. The maximum Gasteiger partial charge on any atom is 0.416 e. The Morgan fingerprint density at radius 2 is 1.75 bits per heavy atom. The highest BCUT2D eigenvalue weighted by atomic mass is 19.4. The van der Waals surface area contributed by atoms with Crippen LogP contribution in [0.2, 0.25) is 0 Å². The van der Waals surface area contributed by atoms with Gasteiger partial charge in [0.2, 0.25) is 0 Å². The zero-order valence-corrected chi connectivity index (χ0v) is 14.8. The first kappa shape index (κ1) is 18.6.